The zero-order valence-electron chi connectivity index (χ0n) is 10.5. The van der Waals surface area contributed by atoms with Gasteiger partial charge in [-0.15, -0.1) is 0 Å². The van der Waals surface area contributed by atoms with E-state index in [9.17, 15) is 4.79 Å². The molecular weight excluding hydrogens is 208 g/mol. The third-order valence-electron chi connectivity index (χ3n) is 2.88. The summed E-state index contributed by atoms with van der Waals surface area (Å²) < 4.78 is 0.154. The quantitative estimate of drug-likeness (QED) is 0.734. The highest BCUT2D eigenvalue weighted by Crippen LogP contribution is 2.29. The molecule has 0 aromatic heterocycles. The second-order valence-corrected chi connectivity index (χ2v) is 5.77. The Bertz CT molecular complexity index is 199. The van der Waals surface area contributed by atoms with Crippen molar-refractivity contribution in [2.24, 2.45) is 5.73 Å². The van der Waals surface area contributed by atoms with Gasteiger partial charge >= 0.3 is 0 Å². The molecule has 15 heavy (non-hydrogen) atoms. The number of nitrogens with two attached hydrogens (primary N) is 1. The lowest BCUT2D eigenvalue weighted by Crippen LogP contribution is -2.52. The molecule has 0 saturated carbocycles. The minimum Gasteiger partial charge on any atom is -0.353 e. The Balaban J connectivity index is 4.29. The number of carbonyl (C=O) groups excluding carboxylic acids is 1. The van der Waals surface area contributed by atoms with Gasteiger partial charge in [-0.05, 0) is 32.9 Å². The maximum absolute atomic E-state index is 11.6. The largest absolute Gasteiger partial charge is 0.353 e. The van der Waals surface area contributed by atoms with Gasteiger partial charge in [-0.1, -0.05) is 13.8 Å². The van der Waals surface area contributed by atoms with E-state index in [0.717, 1.165) is 12.8 Å². The first-order valence-corrected chi connectivity index (χ1v) is 6.66. The first kappa shape index (κ1) is 14.8. The molecule has 0 aliphatic rings. The van der Waals surface area contributed by atoms with Crippen molar-refractivity contribution in [3.8, 4) is 0 Å². The lowest BCUT2D eigenvalue weighted by molar-refractivity contribution is -0.125. The van der Waals surface area contributed by atoms with Crippen LogP contribution in [-0.2, 0) is 4.79 Å². The van der Waals surface area contributed by atoms with Crippen LogP contribution in [0.5, 0.6) is 0 Å². The first-order chi connectivity index (χ1) is 6.81. The molecule has 0 aromatic rings. The molecule has 1 amide bonds. The number of carbonyl (C=O) groups is 1. The molecule has 0 aliphatic heterocycles. The fraction of sp³-hybridized carbons (Fsp3) is 0.909. The molecule has 0 heterocycles. The third-order valence-corrected chi connectivity index (χ3v) is 4.47. The lowest BCUT2D eigenvalue weighted by Gasteiger charge is -2.31. The highest BCUT2D eigenvalue weighted by atomic mass is 32.2. The summed E-state index contributed by atoms with van der Waals surface area (Å²) in [4.78, 5) is 11.6. The molecule has 3 nitrogen and oxygen atoms in total. The second-order valence-electron chi connectivity index (χ2n) is 4.50. The number of hydrogen-bond acceptors (Lipinski definition) is 3. The summed E-state index contributed by atoms with van der Waals surface area (Å²) in [5.74, 6) is -0.0807. The molecule has 3 N–H and O–H groups in total. The summed E-state index contributed by atoms with van der Waals surface area (Å²) in [6.07, 6.45) is 4.19. The smallest absolute Gasteiger partial charge is 0.239 e. The van der Waals surface area contributed by atoms with Crippen LogP contribution in [0.2, 0.25) is 0 Å². The van der Waals surface area contributed by atoms with Crippen LogP contribution in [0.3, 0.4) is 0 Å². The SMILES string of the molecule is CCC(CC)(CNC(=O)C(C)(C)N)SC. The van der Waals surface area contributed by atoms with E-state index in [4.69, 9.17) is 5.73 Å². The van der Waals surface area contributed by atoms with Gasteiger partial charge in [-0.2, -0.15) is 11.8 Å². The molecule has 0 saturated heterocycles. The average molecular weight is 232 g/mol. The van der Waals surface area contributed by atoms with Gasteiger partial charge in [-0.3, -0.25) is 4.79 Å². The van der Waals surface area contributed by atoms with Crippen LogP contribution in [0.25, 0.3) is 0 Å². The molecule has 0 rings (SSSR count). The topological polar surface area (TPSA) is 55.1 Å². The Morgan fingerprint density at radius 1 is 1.33 bits per heavy atom. The molecule has 0 unspecified atom stereocenters. The summed E-state index contributed by atoms with van der Waals surface area (Å²) in [6.45, 7) is 8.45. The number of nitrogens with one attached hydrogen (secondary N) is 1. The predicted molar refractivity (Wildman–Crippen MR) is 68.1 cm³/mol. The fourth-order valence-electron chi connectivity index (χ4n) is 1.33. The first-order valence-electron chi connectivity index (χ1n) is 5.43. The zero-order chi connectivity index (χ0) is 12.1. The van der Waals surface area contributed by atoms with Gasteiger partial charge in [0, 0.05) is 11.3 Å². The van der Waals surface area contributed by atoms with Crippen LogP contribution in [0.4, 0.5) is 0 Å². The van der Waals surface area contributed by atoms with Crippen molar-refractivity contribution in [1.29, 1.82) is 0 Å². The predicted octanol–water partition coefficient (Wildman–Crippen LogP) is 1.76. The molecule has 4 heteroatoms. The molecule has 0 radical (unpaired) electrons. The van der Waals surface area contributed by atoms with Crippen LogP contribution in [0.1, 0.15) is 40.5 Å². The Labute approximate surface area is 97.6 Å². The highest BCUT2D eigenvalue weighted by molar-refractivity contribution is 8.00. The van der Waals surface area contributed by atoms with E-state index in [1.165, 1.54) is 0 Å². The van der Waals surface area contributed by atoms with Crippen LogP contribution < -0.4 is 11.1 Å². The highest BCUT2D eigenvalue weighted by Gasteiger charge is 2.28. The van der Waals surface area contributed by atoms with Gasteiger partial charge in [0.2, 0.25) is 5.91 Å². The Morgan fingerprint density at radius 3 is 2.07 bits per heavy atom. The molecule has 0 atom stereocenters. The van der Waals surface area contributed by atoms with Crippen molar-refractivity contribution in [1.82, 2.24) is 5.32 Å². The number of rotatable bonds is 6. The van der Waals surface area contributed by atoms with Gasteiger partial charge in [0.15, 0.2) is 0 Å². The van der Waals surface area contributed by atoms with Crippen molar-refractivity contribution < 1.29 is 4.79 Å². The second kappa shape index (κ2) is 5.75. The molecule has 0 spiro atoms. The van der Waals surface area contributed by atoms with E-state index in [0.29, 0.717) is 6.54 Å². The van der Waals surface area contributed by atoms with Crippen LogP contribution in [-0.4, -0.2) is 29.0 Å². The maximum Gasteiger partial charge on any atom is 0.239 e. The van der Waals surface area contributed by atoms with E-state index < -0.39 is 5.54 Å². The normalized spacial score (nSPS) is 12.7. The van der Waals surface area contributed by atoms with E-state index >= 15 is 0 Å². The number of thioether (sulfide) groups is 1. The van der Waals surface area contributed by atoms with Gasteiger partial charge in [0.25, 0.3) is 0 Å². The van der Waals surface area contributed by atoms with E-state index in [2.05, 4.69) is 25.4 Å². The van der Waals surface area contributed by atoms with Crippen molar-refractivity contribution in [2.75, 3.05) is 12.8 Å². The summed E-state index contributed by atoms with van der Waals surface area (Å²) in [7, 11) is 0. The van der Waals surface area contributed by atoms with Crippen LogP contribution in [0.15, 0.2) is 0 Å². The molecular formula is C11H24N2OS. The van der Waals surface area contributed by atoms with Gasteiger partial charge in [-0.25, -0.2) is 0 Å². The molecule has 0 aromatic carbocycles. The van der Waals surface area contributed by atoms with Crippen LogP contribution >= 0.6 is 11.8 Å². The Morgan fingerprint density at radius 2 is 1.80 bits per heavy atom. The van der Waals surface area contributed by atoms with Crippen molar-refractivity contribution in [3.05, 3.63) is 0 Å². The number of amides is 1. The fourth-order valence-corrected chi connectivity index (χ4v) is 2.12. The molecule has 0 aliphatic carbocycles. The standard InChI is InChI=1S/C11H24N2OS/c1-6-11(7-2,15-5)8-13-9(14)10(3,4)12/h6-8,12H2,1-5H3,(H,13,14). The molecule has 0 fully saturated rings. The summed E-state index contributed by atoms with van der Waals surface area (Å²) in [5, 5.41) is 2.93. The average Bonchev–Trinajstić information content (AvgIpc) is 2.19. The van der Waals surface area contributed by atoms with Gasteiger partial charge in [0.05, 0.1) is 5.54 Å². The van der Waals surface area contributed by atoms with E-state index in [1.807, 2.05) is 11.8 Å². The monoisotopic (exact) mass is 232 g/mol. The van der Waals surface area contributed by atoms with Crippen LogP contribution in [0, 0.1) is 0 Å². The minimum absolute atomic E-state index is 0.0807. The number of hydrogen-bond donors (Lipinski definition) is 2. The van der Waals surface area contributed by atoms with Crippen molar-refractivity contribution >= 4 is 17.7 Å². The third kappa shape index (κ3) is 4.43. The molecule has 90 valence electrons. The molecule has 0 bridgehead atoms. The zero-order valence-corrected chi connectivity index (χ0v) is 11.3. The lowest BCUT2D eigenvalue weighted by atomic mass is 10.0. The summed E-state index contributed by atoms with van der Waals surface area (Å²) in [6, 6.07) is 0. The van der Waals surface area contributed by atoms with E-state index in [1.54, 1.807) is 13.8 Å². The van der Waals surface area contributed by atoms with Gasteiger partial charge < -0.3 is 11.1 Å². The van der Waals surface area contributed by atoms with Crippen molar-refractivity contribution in [3.63, 3.8) is 0 Å². The summed E-state index contributed by atoms with van der Waals surface area (Å²) >= 11 is 1.81. The van der Waals surface area contributed by atoms with E-state index in [-0.39, 0.29) is 10.7 Å². The Kier molecular flexibility index (Phi) is 5.67. The maximum atomic E-state index is 11.6. The van der Waals surface area contributed by atoms with Crippen molar-refractivity contribution in [2.45, 2.75) is 50.8 Å². The minimum atomic E-state index is -0.786. The van der Waals surface area contributed by atoms with Gasteiger partial charge in [0.1, 0.15) is 0 Å². The summed E-state index contributed by atoms with van der Waals surface area (Å²) in [5.41, 5.74) is 4.93. The Hall–Kier alpha value is -0.220.